The van der Waals surface area contributed by atoms with E-state index in [0.29, 0.717) is 5.78 Å². The maximum absolute atomic E-state index is 5.41. The molecule has 0 unspecified atom stereocenters. The van der Waals surface area contributed by atoms with E-state index in [1.807, 2.05) is 20.0 Å². The van der Waals surface area contributed by atoms with Gasteiger partial charge in [-0.3, -0.25) is 0 Å². The third kappa shape index (κ3) is 0.903. The molecule has 12 heavy (non-hydrogen) atoms. The molecule has 0 aliphatic heterocycles. The predicted molar refractivity (Wildman–Crippen MR) is 44.7 cm³/mol. The Balaban J connectivity index is 2.83. The van der Waals surface area contributed by atoms with Crippen molar-refractivity contribution in [3.63, 3.8) is 0 Å². The molecular weight excluding hydrogens is 154 g/mol. The first-order valence-corrected chi connectivity index (χ1v) is 3.63. The quantitative estimate of drug-likeness (QED) is 0.607. The molecule has 2 heterocycles. The molecule has 0 radical (unpaired) electrons. The second kappa shape index (κ2) is 2.17. The monoisotopic (exact) mass is 163 g/mol. The van der Waals surface area contributed by atoms with E-state index in [-0.39, 0.29) is 5.95 Å². The van der Waals surface area contributed by atoms with Gasteiger partial charge in [0.05, 0.1) is 0 Å². The highest BCUT2D eigenvalue weighted by Crippen LogP contribution is 2.05. The zero-order valence-corrected chi connectivity index (χ0v) is 6.94. The van der Waals surface area contributed by atoms with Gasteiger partial charge >= 0.3 is 0 Å². The van der Waals surface area contributed by atoms with Gasteiger partial charge in [0.1, 0.15) is 0 Å². The van der Waals surface area contributed by atoms with Crippen molar-refractivity contribution in [1.82, 2.24) is 19.6 Å². The molecule has 0 spiro atoms. The van der Waals surface area contributed by atoms with Crippen LogP contribution in [0.5, 0.6) is 0 Å². The summed E-state index contributed by atoms with van der Waals surface area (Å²) in [6, 6.07) is 0. The fourth-order valence-electron chi connectivity index (χ4n) is 1.01. The number of nitrogens with two attached hydrogens (primary N) is 1. The molecule has 0 saturated carbocycles. The van der Waals surface area contributed by atoms with Gasteiger partial charge in [-0.2, -0.15) is 4.98 Å². The first-order chi connectivity index (χ1) is 5.66. The van der Waals surface area contributed by atoms with Gasteiger partial charge in [-0.1, -0.05) is 0 Å². The Morgan fingerprint density at radius 1 is 1.33 bits per heavy atom. The number of hydrogen-bond donors (Lipinski definition) is 1. The fraction of sp³-hybridized carbons (Fsp3) is 0.286. The highest BCUT2D eigenvalue weighted by Gasteiger charge is 2.02. The lowest BCUT2D eigenvalue weighted by Crippen LogP contribution is -1.95. The number of nitrogens with zero attached hydrogens (tertiary/aromatic N) is 4. The summed E-state index contributed by atoms with van der Waals surface area (Å²) < 4.78 is 1.58. The van der Waals surface area contributed by atoms with Crippen LogP contribution in [0.2, 0.25) is 0 Å². The Hall–Kier alpha value is -1.65. The van der Waals surface area contributed by atoms with Crippen molar-refractivity contribution >= 4 is 11.7 Å². The predicted octanol–water partition coefficient (Wildman–Crippen LogP) is 0.323. The molecule has 5 nitrogen and oxygen atoms in total. The van der Waals surface area contributed by atoms with Gasteiger partial charge in [0.2, 0.25) is 5.95 Å². The molecule has 5 heteroatoms. The number of anilines is 1. The molecule has 0 bridgehead atoms. The van der Waals surface area contributed by atoms with Crippen LogP contribution in [-0.2, 0) is 0 Å². The summed E-state index contributed by atoms with van der Waals surface area (Å²) in [6.45, 7) is 3.90. The lowest BCUT2D eigenvalue weighted by molar-refractivity contribution is 0.918. The van der Waals surface area contributed by atoms with E-state index < -0.39 is 0 Å². The Bertz CT molecular complexity index is 392. The Morgan fingerprint density at radius 3 is 2.83 bits per heavy atom. The lowest BCUT2D eigenvalue weighted by Gasteiger charge is -1.96. The van der Waals surface area contributed by atoms with E-state index in [2.05, 4.69) is 15.1 Å². The van der Waals surface area contributed by atoms with Crippen LogP contribution in [0.1, 0.15) is 11.3 Å². The average Bonchev–Trinajstić information content (AvgIpc) is 2.30. The van der Waals surface area contributed by atoms with E-state index in [1.54, 1.807) is 4.52 Å². The molecule has 0 saturated heterocycles. The normalized spacial score (nSPS) is 10.8. The topological polar surface area (TPSA) is 69.1 Å². The molecule has 2 N–H and O–H groups in total. The molecule has 2 aromatic rings. The molecule has 2 rings (SSSR count). The van der Waals surface area contributed by atoms with Crippen molar-refractivity contribution in [1.29, 1.82) is 0 Å². The van der Waals surface area contributed by atoms with E-state index in [1.165, 1.54) is 0 Å². The SMILES string of the molecule is Cc1cn2nc(N)nc2nc1C. The Morgan fingerprint density at radius 2 is 2.08 bits per heavy atom. The van der Waals surface area contributed by atoms with E-state index in [4.69, 9.17) is 5.73 Å². The van der Waals surface area contributed by atoms with E-state index in [0.717, 1.165) is 11.3 Å². The minimum absolute atomic E-state index is 0.257. The minimum atomic E-state index is 0.257. The second-order valence-electron chi connectivity index (χ2n) is 2.72. The van der Waals surface area contributed by atoms with Gasteiger partial charge in [0, 0.05) is 11.9 Å². The van der Waals surface area contributed by atoms with Crippen LogP contribution in [0.4, 0.5) is 5.95 Å². The van der Waals surface area contributed by atoms with E-state index in [9.17, 15) is 0 Å². The second-order valence-corrected chi connectivity index (χ2v) is 2.72. The van der Waals surface area contributed by atoms with Crippen LogP contribution in [-0.4, -0.2) is 19.6 Å². The van der Waals surface area contributed by atoms with Crippen LogP contribution in [0.15, 0.2) is 6.20 Å². The summed E-state index contributed by atoms with van der Waals surface area (Å²) in [5, 5.41) is 3.94. The summed E-state index contributed by atoms with van der Waals surface area (Å²) >= 11 is 0. The zero-order chi connectivity index (χ0) is 8.72. The highest BCUT2D eigenvalue weighted by atomic mass is 15.3. The van der Waals surface area contributed by atoms with Crippen molar-refractivity contribution in [2.45, 2.75) is 13.8 Å². The lowest BCUT2D eigenvalue weighted by atomic mass is 10.3. The average molecular weight is 163 g/mol. The van der Waals surface area contributed by atoms with Crippen LogP contribution in [0, 0.1) is 13.8 Å². The molecule has 62 valence electrons. The standard InChI is InChI=1S/C7H9N5/c1-4-3-12-7(9-5(4)2)10-6(8)11-12/h3H,1-2H3,(H2,8,11). The number of nitrogen functional groups attached to an aromatic ring is 1. The zero-order valence-electron chi connectivity index (χ0n) is 6.94. The Kier molecular flexibility index (Phi) is 1.27. The minimum Gasteiger partial charge on any atom is -0.366 e. The summed E-state index contributed by atoms with van der Waals surface area (Å²) in [7, 11) is 0. The molecule has 0 aliphatic carbocycles. The molecule has 0 aliphatic rings. The number of fused-ring (bicyclic) bond motifs is 1. The van der Waals surface area contributed by atoms with Gasteiger partial charge in [-0.25, -0.2) is 9.50 Å². The molecular formula is C7H9N5. The van der Waals surface area contributed by atoms with Gasteiger partial charge in [-0.05, 0) is 19.4 Å². The largest absolute Gasteiger partial charge is 0.366 e. The molecule has 2 aromatic heterocycles. The van der Waals surface area contributed by atoms with Crippen molar-refractivity contribution in [3.05, 3.63) is 17.5 Å². The van der Waals surface area contributed by atoms with Gasteiger partial charge in [-0.15, -0.1) is 5.10 Å². The molecule has 0 aromatic carbocycles. The van der Waals surface area contributed by atoms with Crippen molar-refractivity contribution in [3.8, 4) is 0 Å². The number of aromatic nitrogens is 4. The van der Waals surface area contributed by atoms with Crippen LogP contribution >= 0.6 is 0 Å². The van der Waals surface area contributed by atoms with Crippen molar-refractivity contribution in [2.75, 3.05) is 5.73 Å². The van der Waals surface area contributed by atoms with Crippen LogP contribution < -0.4 is 5.73 Å². The van der Waals surface area contributed by atoms with Crippen LogP contribution in [0.25, 0.3) is 5.78 Å². The Labute approximate surface area is 69.2 Å². The van der Waals surface area contributed by atoms with Crippen LogP contribution in [0.3, 0.4) is 0 Å². The molecule has 0 amide bonds. The summed E-state index contributed by atoms with van der Waals surface area (Å²) in [4.78, 5) is 8.14. The van der Waals surface area contributed by atoms with Gasteiger partial charge in [0.15, 0.2) is 0 Å². The summed E-state index contributed by atoms with van der Waals surface area (Å²) in [5.41, 5.74) is 7.44. The van der Waals surface area contributed by atoms with Crippen molar-refractivity contribution in [2.24, 2.45) is 0 Å². The summed E-state index contributed by atoms with van der Waals surface area (Å²) in [5.74, 6) is 0.808. The van der Waals surface area contributed by atoms with E-state index >= 15 is 0 Å². The maximum atomic E-state index is 5.41. The molecule has 0 atom stereocenters. The number of hydrogen-bond acceptors (Lipinski definition) is 4. The fourth-order valence-corrected chi connectivity index (χ4v) is 1.01. The number of rotatable bonds is 0. The summed E-state index contributed by atoms with van der Waals surface area (Å²) in [6.07, 6.45) is 1.86. The first kappa shape index (κ1) is 7.02. The number of aryl methyl sites for hydroxylation is 2. The first-order valence-electron chi connectivity index (χ1n) is 3.63. The third-order valence-electron chi connectivity index (χ3n) is 1.78. The molecule has 0 fully saturated rings. The van der Waals surface area contributed by atoms with Crippen molar-refractivity contribution < 1.29 is 0 Å². The third-order valence-corrected chi connectivity index (χ3v) is 1.78. The highest BCUT2D eigenvalue weighted by molar-refractivity contribution is 5.35. The van der Waals surface area contributed by atoms with Gasteiger partial charge in [0.25, 0.3) is 5.78 Å². The van der Waals surface area contributed by atoms with Gasteiger partial charge < -0.3 is 5.73 Å². The smallest absolute Gasteiger partial charge is 0.254 e. The maximum Gasteiger partial charge on any atom is 0.254 e.